The van der Waals surface area contributed by atoms with Crippen LogP contribution in [0.15, 0.2) is 41.6 Å². The molecule has 1 aromatic heterocycles. The lowest BCUT2D eigenvalue weighted by Crippen LogP contribution is -2.28. The summed E-state index contributed by atoms with van der Waals surface area (Å²) in [6.45, 7) is 5.32. The average Bonchev–Trinajstić information content (AvgIpc) is 2.43. The number of aryl methyl sites for hydroxylation is 2. The number of anilines is 1. The molecule has 21 heavy (non-hydrogen) atoms. The van der Waals surface area contributed by atoms with E-state index in [0.29, 0.717) is 11.3 Å². The number of aromatic nitrogens is 1. The molecule has 1 heterocycles. The summed E-state index contributed by atoms with van der Waals surface area (Å²) in [5.74, 6) is 0. The average molecular weight is 305 g/mol. The molecule has 0 aliphatic heterocycles. The van der Waals surface area contributed by atoms with E-state index in [4.69, 9.17) is 5.73 Å². The Balaban J connectivity index is 2.38. The molecule has 5 nitrogen and oxygen atoms in total. The lowest BCUT2D eigenvalue weighted by atomic mass is 10.1. The number of pyridine rings is 1. The summed E-state index contributed by atoms with van der Waals surface area (Å²) in [6.07, 6.45) is 3.26. The largest absolute Gasteiger partial charge is 0.397 e. The maximum absolute atomic E-state index is 12.6. The molecule has 112 valence electrons. The van der Waals surface area contributed by atoms with Crippen LogP contribution in [0.2, 0.25) is 0 Å². The second-order valence-electron chi connectivity index (χ2n) is 5.07. The molecule has 0 saturated heterocycles. The maximum Gasteiger partial charge on any atom is 0.243 e. The van der Waals surface area contributed by atoms with Crippen LogP contribution in [0.5, 0.6) is 0 Å². The van der Waals surface area contributed by atoms with Gasteiger partial charge in [-0.05, 0) is 49.6 Å². The first-order valence-corrected chi connectivity index (χ1v) is 8.09. The van der Waals surface area contributed by atoms with E-state index in [1.165, 1.54) is 0 Å². The molecule has 0 aliphatic carbocycles. The van der Waals surface area contributed by atoms with Crippen LogP contribution in [-0.4, -0.2) is 13.4 Å². The van der Waals surface area contributed by atoms with Crippen LogP contribution >= 0.6 is 0 Å². The van der Waals surface area contributed by atoms with E-state index < -0.39 is 10.0 Å². The Kier molecular flexibility index (Phi) is 4.29. The molecule has 0 aliphatic rings. The van der Waals surface area contributed by atoms with Gasteiger partial charge in [-0.3, -0.25) is 4.98 Å². The number of nitrogen functional groups attached to an aromatic ring is 1. The molecule has 0 radical (unpaired) electrons. The summed E-state index contributed by atoms with van der Waals surface area (Å²) in [5.41, 5.74) is 8.48. The van der Waals surface area contributed by atoms with Crippen LogP contribution in [0.25, 0.3) is 0 Å². The van der Waals surface area contributed by atoms with Gasteiger partial charge in [0.15, 0.2) is 0 Å². The molecule has 3 N–H and O–H groups in total. The Labute approximate surface area is 125 Å². The van der Waals surface area contributed by atoms with E-state index >= 15 is 0 Å². The Hall–Kier alpha value is -1.92. The second kappa shape index (κ2) is 5.83. The number of nitrogens with zero attached hydrogens (tertiary/aromatic N) is 1. The first kappa shape index (κ1) is 15.5. The number of hydrogen-bond donors (Lipinski definition) is 2. The van der Waals surface area contributed by atoms with E-state index in [1.807, 2.05) is 6.07 Å². The van der Waals surface area contributed by atoms with Crippen LogP contribution in [0.3, 0.4) is 0 Å². The van der Waals surface area contributed by atoms with Gasteiger partial charge in [0.1, 0.15) is 4.90 Å². The molecular weight excluding hydrogens is 286 g/mol. The standard InChI is InChI=1S/C15H19N3O2S/c1-10-4-5-11(2)15(14(10)16)21(19,20)18-12(3)13-6-8-17-9-7-13/h4-9,12,18H,16H2,1-3H3. The van der Waals surface area contributed by atoms with Crippen molar-refractivity contribution in [1.29, 1.82) is 0 Å². The minimum atomic E-state index is -3.69. The monoisotopic (exact) mass is 305 g/mol. The zero-order valence-electron chi connectivity index (χ0n) is 12.3. The highest BCUT2D eigenvalue weighted by molar-refractivity contribution is 7.89. The number of nitrogens with one attached hydrogen (secondary N) is 1. The van der Waals surface area contributed by atoms with Crippen LogP contribution < -0.4 is 10.5 Å². The van der Waals surface area contributed by atoms with Crippen LogP contribution in [0.4, 0.5) is 5.69 Å². The molecule has 6 heteroatoms. The van der Waals surface area contributed by atoms with Gasteiger partial charge in [-0.1, -0.05) is 12.1 Å². The smallest absolute Gasteiger partial charge is 0.243 e. The zero-order valence-corrected chi connectivity index (χ0v) is 13.1. The fraction of sp³-hybridized carbons (Fsp3) is 0.267. The van der Waals surface area contributed by atoms with E-state index in [9.17, 15) is 8.42 Å². The van der Waals surface area contributed by atoms with Crippen molar-refractivity contribution in [2.45, 2.75) is 31.7 Å². The number of rotatable bonds is 4. The maximum atomic E-state index is 12.6. The van der Waals surface area contributed by atoms with Crippen molar-refractivity contribution >= 4 is 15.7 Å². The summed E-state index contributed by atoms with van der Waals surface area (Å²) in [6, 6.07) is 6.77. The fourth-order valence-corrected chi connectivity index (χ4v) is 3.84. The Morgan fingerprint density at radius 2 is 1.67 bits per heavy atom. The number of hydrogen-bond acceptors (Lipinski definition) is 4. The molecule has 0 amide bonds. The first-order chi connectivity index (χ1) is 9.83. The molecule has 0 saturated carbocycles. The number of nitrogens with two attached hydrogens (primary N) is 1. The van der Waals surface area contributed by atoms with Gasteiger partial charge < -0.3 is 5.73 Å². The zero-order chi connectivity index (χ0) is 15.6. The third-order valence-electron chi connectivity index (χ3n) is 3.42. The van der Waals surface area contributed by atoms with Gasteiger partial charge in [-0.2, -0.15) is 0 Å². The highest BCUT2D eigenvalue weighted by atomic mass is 32.2. The summed E-state index contributed by atoms with van der Waals surface area (Å²) in [4.78, 5) is 4.08. The minimum absolute atomic E-state index is 0.156. The predicted octanol–water partition coefficient (Wildman–Crippen LogP) is 2.32. The highest BCUT2D eigenvalue weighted by Crippen LogP contribution is 2.27. The van der Waals surface area contributed by atoms with Crippen LogP contribution in [-0.2, 0) is 10.0 Å². The Bertz CT molecular complexity index is 743. The molecular formula is C15H19N3O2S. The quantitative estimate of drug-likeness (QED) is 0.849. The molecule has 2 rings (SSSR count). The van der Waals surface area contributed by atoms with Gasteiger partial charge in [0.05, 0.1) is 5.69 Å². The van der Waals surface area contributed by atoms with E-state index in [2.05, 4.69) is 9.71 Å². The van der Waals surface area contributed by atoms with Gasteiger partial charge in [0.2, 0.25) is 10.0 Å². The number of sulfonamides is 1. The van der Waals surface area contributed by atoms with Gasteiger partial charge >= 0.3 is 0 Å². The van der Waals surface area contributed by atoms with Gasteiger partial charge in [-0.15, -0.1) is 0 Å². The minimum Gasteiger partial charge on any atom is -0.397 e. The van der Waals surface area contributed by atoms with Crippen LogP contribution in [0, 0.1) is 13.8 Å². The van der Waals surface area contributed by atoms with Crippen molar-refractivity contribution < 1.29 is 8.42 Å². The molecule has 0 bridgehead atoms. The SMILES string of the molecule is Cc1ccc(C)c(S(=O)(=O)NC(C)c2ccncc2)c1N. The van der Waals surface area contributed by atoms with E-state index in [0.717, 1.165) is 11.1 Å². The fourth-order valence-electron chi connectivity index (χ4n) is 2.18. The third-order valence-corrected chi connectivity index (χ3v) is 5.16. The summed E-state index contributed by atoms with van der Waals surface area (Å²) >= 11 is 0. The van der Waals surface area contributed by atoms with Crippen molar-refractivity contribution in [3.63, 3.8) is 0 Å². The molecule has 1 atom stereocenters. The first-order valence-electron chi connectivity index (χ1n) is 6.61. The lowest BCUT2D eigenvalue weighted by molar-refractivity contribution is 0.566. The normalized spacial score (nSPS) is 13.1. The van der Waals surface area contributed by atoms with Crippen molar-refractivity contribution in [2.24, 2.45) is 0 Å². The number of benzene rings is 1. The highest BCUT2D eigenvalue weighted by Gasteiger charge is 2.23. The Morgan fingerprint density at radius 3 is 2.29 bits per heavy atom. The van der Waals surface area contributed by atoms with Crippen molar-refractivity contribution in [3.8, 4) is 0 Å². The molecule has 2 aromatic rings. The summed E-state index contributed by atoms with van der Waals surface area (Å²) in [5, 5.41) is 0. The molecule has 0 spiro atoms. The Morgan fingerprint density at radius 1 is 1.10 bits per heavy atom. The molecule has 1 unspecified atom stereocenters. The van der Waals surface area contributed by atoms with Gasteiger partial charge in [0, 0.05) is 18.4 Å². The topological polar surface area (TPSA) is 85.1 Å². The van der Waals surface area contributed by atoms with E-state index in [-0.39, 0.29) is 10.9 Å². The summed E-state index contributed by atoms with van der Waals surface area (Å²) in [7, 11) is -3.69. The lowest BCUT2D eigenvalue weighted by Gasteiger charge is -2.17. The van der Waals surface area contributed by atoms with Gasteiger partial charge in [0.25, 0.3) is 0 Å². The van der Waals surface area contributed by atoms with Crippen molar-refractivity contribution in [1.82, 2.24) is 9.71 Å². The third kappa shape index (κ3) is 3.22. The predicted molar refractivity (Wildman–Crippen MR) is 83.3 cm³/mol. The molecule has 0 fully saturated rings. The van der Waals surface area contributed by atoms with Gasteiger partial charge in [-0.25, -0.2) is 13.1 Å². The summed E-state index contributed by atoms with van der Waals surface area (Å²) < 4.78 is 27.9. The van der Waals surface area contributed by atoms with Crippen molar-refractivity contribution in [3.05, 3.63) is 53.3 Å². The van der Waals surface area contributed by atoms with E-state index in [1.54, 1.807) is 51.4 Å². The molecule has 1 aromatic carbocycles. The van der Waals surface area contributed by atoms with Crippen LogP contribution in [0.1, 0.15) is 29.7 Å². The van der Waals surface area contributed by atoms with Crippen molar-refractivity contribution in [2.75, 3.05) is 5.73 Å². The second-order valence-corrected chi connectivity index (χ2v) is 6.72.